The summed E-state index contributed by atoms with van der Waals surface area (Å²) in [5, 5.41) is 21.4. The smallest absolute Gasteiger partial charge is 0.154 e. The summed E-state index contributed by atoms with van der Waals surface area (Å²) in [5.41, 5.74) is 1.26. The molecule has 1 aromatic rings. The van der Waals surface area contributed by atoms with Crippen molar-refractivity contribution in [2.75, 3.05) is 18.8 Å². The highest BCUT2D eigenvalue weighted by Crippen LogP contribution is 2.19. The van der Waals surface area contributed by atoms with Crippen molar-refractivity contribution in [3.05, 3.63) is 35.4 Å². The molecule has 1 saturated heterocycles. The highest BCUT2D eigenvalue weighted by molar-refractivity contribution is 7.92. The maximum atomic E-state index is 11.6. The predicted octanol–water partition coefficient (Wildman–Crippen LogP) is 0.758. The molecule has 2 atom stereocenters. The molecule has 0 saturated carbocycles. The molecule has 108 valence electrons. The van der Waals surface area contributed by atoms with Crippen LogP contribution in [-0.4, -0.2) is 37.6 Å². The SMILES string of the molecule is N#Cc1ccc(C(O)CNCC2CCCS2(=O)=O)cc1. The number of rotatable bonds is 5. The number of aliphatic hydroxyl groups is 1. The van der Waals surface area contributed by atoms with Gasteiger partial charge in [-0.15, -0.1) is 0 Å². The molecule has 0 aromatic heterocycles. The molecular weight excluding hydrogens is 276 g/mol. The van der Waals surface area contributed by atoms with Gasteiger partial charge in [0.2, 0.25) is 0 Å². The molecule has 2 unspecified atom stereocenters. The van der Waals surface area contributed by atoms with Crippen LogP contribution >= 0.6 is 0 Å². The first-order valence-corrected chi connectivity index (χ1v) is 8.35. The summed E-state index contributed by atoms with van der Waals surface area (Å²) < 4.78 is 23.3. The van der Waals surface area contributed by atoms with Crippen molar-refractivity contribution in [2.24, 2.45) is 0 Å². The second-order valence-corrected chi connectivity index (χ2v) is 7.44. The van der Waals surface area contributed by atoms with E-state index < -0.39 is 15.9 Å². The van der Waals surface area contributed by atoms with Crippen LogP contribution in [0.5, 0.6) is 0 Å². The van der Waals surface area contributed by atoms with E-state index in [1.165, 1.54) is 0 Å². The molecule has 1 fully saturated rings. The molecule has 0 spiro atoms. The lowest BCUT2D eigenvalue weighted by Crippen LogP contribution is -2.33. The van der Waals surface area contributed by atoms with Crippen molar-refractivity contribution in [3.8, 4) is 6.07 Å². The zero-order valence-corrected chi connectivity index (χ0v) is 11.9. The third kappa shape index (κ3) is 3.57. The fraction of sp³-hybridized carbons (Fsp3) is 0.500. The van der Waals surface area contributed by atoms with E-state index in [-0.39, 0.29) is 11.0 Å². The van der Waals surface area contributed by atoms with Crippen molar-refractivity contribution in [3.63, 3.8) is 0 Å². The Morgan fingerprint density at radius 1 is 1.40 bits per heavy atom. The Balaban J connectivity index is 1.83. The summed E-state index contributed by atoms with van der Waals surface area (Å²) >= 11 is 0. The summed E-state index contributed by atoms with van der Waals surface area (Å²) in [5.74, 6) is 0.275. The van der Waals surface area contributed by atoms with Crippen LogP contribution in [0.15, 0.2) is 24.3 Å². The van der Waals surface area contributed by atoms with E-state index in [1.54, 1.807) is 24.3 Å². The van der Waals surface area contributed by atoms with Gasteiger partial charge in [0.15, 0.2) is 9.84 Å². The second kappa shape index (κ2) is 6.35. The largest absolute Gasteiger partial charge is 0.387 e. The molecule has 1 heterocycles. The van der Waals surface area contributed by atoms with Gasteiger partial charge < -0.3 is 10.4 Å². The molecule has 0 aliphatic carbocycles. The van der Waals surface area contributed by atoms with E-state index in [1.807, 2.05) is 6.07 Å². The third-order valence-electron chi connectivity index (χ3n) is 3.60. The molecular formula is C14H18N2O3S. The van der Waals surface area contributed by atoms with E-state index >= 15 is 0 Å². The third-order valence-corrected chi connectivity index (χ3v) is 5.87. The van der Waals surface area contributed by atoms with E-state index in [0.717, 1.165) is 6.42 Å². The average molecular weight is 294 g/mol. The summed E-state index contributed by atoms with van der Waals surface area (Å²) in [7, 11) is -2.94. The maximum Gasteiger partial charge on any atom is 0.154 e. The molecule has 0 bridgehead atoms. The molecule has 1 aliphatic rings. The standard InChI is InChI=1S/C14H18N2O3S/c15-8-11-3-5-12(6-4-11)14(17)10-16-9-13-2-1-7-20(13,18)19/h3-6,13-14,16-17H,1-2,7,9-10H2. The Labute approximate surface area is 119 Å². The van der Waals surface area contributed by atoms with Gasteiger partial charge in [-0.3, -0.25) is 0 Å². The van der Waals surface area contributed by atoms with Gasteiger partial charge in [-0.2, -0.15) is 5.26 Å². The zero-order chi connectivity index (χ0) is 14.6. The zero-order valence-electron chi connectivity index (χ0n) is 11.1. The van der Waals surface area contributed by atoms with E-state index in [2.05, 4.69) is 5.32 Å². The van der Waals surface area contributed by atoms with Gasteiger partial charge in [-0.1, -0.05) is 12.1 Å². The van der Waals surface area contributed by atoms with Crippen LogP contribution in [0.25, 0.3) is 0 Å². The van der Waals surface area contributed by atoms with Crippen molar-refractivity contribution in [2.45, 2.75) is 24.2 Å². The molecule has 0 amide bonds. The Morgan fingerprint density at radius 3 is 2.65 bits per heavy atom. The summed E-state index contributed by atoms with van der Waals surface area (Å²) in [6.07, 6.45) is 0.724. The minimum atomic E-state index is -2.94. The number of benzene rings is 1. The normalized spacial score (nSPS) is 22.3. The van der Waals surface area contributed by atoms with E-state index in [0.29, 0.717) is 30.6 Å². The number of aliphatic hydroxyl groups excluding tert-OH is 1. The van der Waals surface area contributed by atoms with Crippen LogP contribution < -0.4 is 5.32 Å². The minimum Gasteiger partial charge on any atom is -0.387 e. The van der Waals surface area contributed by atoms with Gasteiger partial charge in [0, 0.05) is 13.1 Å². The Kier molecular flexibility index (Phi) is 4.76. The fourth-order valence-corrected chi connectivity index (χ4v) is 4.17. The molecule has 2 rings (SSSR count). The molecule has 2 N–H and O–H groups in total. The first-order chi connectivity index (χ1) is 9.53. The van der Waals surface area contributed by atoms with Crippen LogP contribution in [0.4, 0.5) is 0 Å². The topological polar surface area (TPSA) is 90.2 Å². The van der Waals surface area contributed by atoms with Crippen molar-refractivity contribution < 1.29 is 13.5 Å². The lowest BCUT2D eigenvalue weighted by Gasteiger charge is -2.15. The summed E-state index contributed by atoms with van der Waals surface area (Å²) in [6.45, 7) is 0.688. The number of nitriles is 1. The fourth-order valence-electron chi connectivity index (χ4n) is 2.37. The van der Waals surface area contributed by atoms with E-state index in [4.69, 9.17) is 5.26 Å². The van der Waals surface area contributed by atoms with Crippen LogP contribution in [0.1, 0.15) is 30.1 Å². The molecule has 1 aromatic carbocycles. The summed E-state index contributed by atoms with van der Waals surface area (Å²) in [4.78, 5) is 0. The van der Waals surface area contributed by atoms with Gasteiger partial charge in [0.25, 0.3) is 0 Å². The predicted molar refractivity (Wildman–Crippen MR) is 75.8 cm³/mol. The van der Waals surface area contributed by atoms with Crippen LogP contribution in [0, 0.1) is 11.3 Å². The molecule has 1 aliphatic heterocycles. The van der Waals surface area contributed by atoms with Gasteiger partial charge >= 0.3 is 0 Å². The van der Waals surface area contributed by atoms with Crippen molar-refractivity contribution in [1.82, 2.24) is 5.32 Å². The van der Waals surface area contributed by atoms with Crippen LogP contribution in [-0.2, 0) is 9.84 Å². The average Bonchev–Trinajstić information content (AvgIpc) is 2.78. The Bertz CT molecular complexity index is 590. The molecule has 20 heavy (non-hydrogen) atoms. The Morgan fingerprint density at radius 2 is 2.10 bits per heavy atom. The Hall–Kier alpha value is -1.42. The first-order valence-electron chi connectivity index (χ1n) is 6.63. The van der Waals surface area contributed by atoms with Gasteiger partial charge in [0.1, 0.15) is 0 Å². The molecule has 6 heteroatoms. The minimum absolute atomic E-state index is 0.275. The number of hydrogen-bond donors (Lipinski definition) is 2. The van der Waals surface area contributed by atoms with Gasteiger partial charge in [-0.25, -0.2) is 8.42 Å². The molecule has 5 nitrogen and oxygen atoms in total. The second-order valence-electron chi connectivity index (χ2n) is 5.04. The lowest BCUT2D eigenvalue weighted by atomic mass is 10.1. The lowest BCUT2D eigenvalue weighted by molar-refractivity contribution is 0.175. The quantitative estimate of drug-likeness (QED) is 0.836. The number of nitrogens with zero attached hydrogens (tertiary/aromatic N) is 1. The van der Waals surface area contributed by atoms with Crippen molar-refractivity contribution >= 4 is 9.84 Å². The molecule has 0 radical (unpaired) electrons. The highest BCUT2D eigenvalue weighted by Gasteiger charge is 2.30. The van der Waals surface area contributed by atoms with Crippen LogP contribution in [0.2, 0.25) is 0 Å². The first kappa shape index (κ1) is 15.0. The van der Waals surface area contributed by atoms with Crippen molar-refractivity contribution in [1.29, 1.82) is 5.26 Å². The number of nitrogens with one attached hydrogen (secondary N) is 1. The summed E-state index contributed by atoms with van der Waals surface area (Å²) in [6, 6.07) is 8.74. The van der Waals surface area contributed by atoms with Crippen LogP contribution in [0.3, 0.4) is 0 Å². The number of hydrogen-bond acceptors (Lipinski definition) is 5. The van der Waals surface area contributed by atoms with E-state index in [9.17, 15) is 13.5 Å². The highest BCUT2D eigenvalue weighted by atomic mass is 32.2. The number of sulfone groups is 1. The van der Waals surface area contributed by atoms with Gasteiger partial charge in [-0.05, 0) is 30.5 Å². The monoisotopic (exact) mass is 294 g/mol. The van der Waals surface area contributed by atoms with Gasteiger partial charge in [0.05, 0.1) is 28.7 Å². The maximum absolute atomic E-state index is 11.6.